The third kappa shape index (κ3) is 3.43. The first-order valence-electron chi connectivity index (χ1n) is 7.90. The molecule has 0 unspecified atom stereocenters. The van der Waals surface area contributed by atoms with E-state index in [9.17, 15) is 9.90 Å². The smallest absolute Gasteiger partial charge is 0.347 e. The van der Waals surface area contributed by atoms with Gasteiger partial charge >= 0.3 is 5.63 Å². The largest absolute Gasteiger partial charge is 0.507 e. The minimum atomic E-state index is -0.523. The molecule has 2 heterocycles. The molecule has 0 atom stereocenters. The molecule has 4 nitrogen and oxygen atoms in total. The fourth-order valence-corrected chi connectivity index (χ4v) is 3.19. The Kier molecular flexibility index (Phi) is 4.74. The summed E-state index contributed by atoms with van der Waals surface area (Å²) < 4.78 is 5.37. The summed E-state index contributed by atoms with van der Waals surface area (Å²) in [6.07, 6.45) is 3.59. The van der Waals surface area contributed by atoms with Crippen molar-refractivity contribution >= 4 is 11.6 Å². The van der Waals surface area contributed by atoms with Gasteiger partial charge in [0.2, 0.25) is 0 Å². The molecule has 0 spiro atoms. The normalized spacial score (nSPS) is 15.7. The lowest BCUT2D eigenvalue weighted by molar-refractivity contribution is 0.215. The fourth-order valence-electron chi connectivity index (χ4n) is 3.06. The number of aromatic hydroxyl groups is 1. The van der Waals surface area contributed by atoms with E-state index in [1.165, 1.54) is 19.3 Å². The van der Waals surface area contributed by atoms with Crippen LogP contribution in [0.25, 0.3) is 11.1 Å². The molecule has 1 aromatic heterocycles. The molecular formula is C18H20ClNO3. The van der Waals surface area contributed by atoms with E-state index in [2.05, 4.69) is 4.90 Å². The lowest BCUT2D eigenvalue weighted by Crippen LogP contribution is -2.29. The molecule has 1 aliphatic rings. The Bertz CT molecular complexity index is 746. The number of hydrogen-bond donors (Lipinski definition) is 1. The summed E-state index contributed by atoms with van der Waals surface area (Å²) in [5.41, 5.74) is 0.987. The molecule has 0 aliphatic carbocycles. The predicted molar refractivity (Wildman–Crippen MR) is 91.0 cm³/mol. The first-order valence-corrected chi connectivity index (χ1v) is 8.28. The van der Waals surface area contributed by atoms with Crippen LogP contribution in [0.5, 0.6) is 5.75 Å². The molecule has 0 bridgehead atoms. The molecule has 1 aromatic carbocycles. The van der Waals surface area contributed by atoms with Crippen molar-refractivity contribution in [3.05, 3.63) is 51.0 Å². The lowest BCUT2D eigenvalue weighted by Gasteiger charge is -2.27. The Hall–Kier alpha value is -1.78. The Labute approximate surface area is 140 Å². The molecule has 3 rings (SSSR count). The fraction of sp³-hybridized carbons (Fsp3) is 0.389. The van der Waals surface area contributed by atoms with E-state index in [1.807, 2.05) is 0 Å². The van der Waals surface area contributed by atoms with Gasteiger partial charge in [-0.15, -0.1) is 0 Å². The minimum Gasteiger partial charge on any atom is -0.507 e. The van der Waals surface area contributed by atoms with Gasteiger partial charge in [0.25, 0.3) is 0 Å². The zero-order valence-electron chi connectivity index (χ0n) is 13.1. The van der Waals surface area contributed by atoms with Gasteiger partial charge in [0, 0.05) is 17.1 Å². The number of rotatable bonds is 3. The summed E-state index contributed by atoms with van der Waals surface area (Å²) >= 11 is 5.89. The lowest BCUT2D eigenvalue weighted by atomic mass is 10.0. The first kappa shape index (κ1) is 16.1. The molecule has 1 saturated heterocycles. The van der Waals surface area contributed by atoms with Crippen molar-refractivity contribution in [3.8, 4) is 16.9 Å². The van der Waals surface area contributed by atoms with E-state index in [4.69, 9.17) is 16.0 Å². The van der Waals surface area contributed by atoms with Gasteiger partial charge in [0.05, 0.1) is 0 Å². The van der Waals surface area contributed by atoms with Crippen molar-refractivity contribution in [1.29, 1.82) is 0 Å². The molecule has 0 amide bonds. The summed E-state index contributed by atoms with van der Waals surface area (Å²) in [6, 6.07) is 6.82. The van der Waals surface area contributed by atoms with E-state index in [1.54, 1.807) is 31.2 Å². The quantitative estimate of drug-likeness (QED) is 0.923. The molecule has 2 aromatic rings. The Morgan fingerprint density at radius 2 is 1.83 bits per heavy atom. The Balaban J connectivity index is 2.01. The summed E-state index contributed by atoms with van der Waals surface area (Å²) in [7, 11) is 0. The standard InChI is InChI=1S/C18H20ClNO3/c1-12-15(11-20-9-3-2-4-10-20)17(21)16(18(22)23-12)13-5-7-14(19)8-6-13/h5-8,21H,2-4,9-11H2,1H3. The van der Waals surface area contributed by atoms with Crippen molar-refractivity contribution in [1.82, 2.24) is 4.90 Å². The summed E-state index contributed by atoms with van der Waals surface area (Å²) in [5, 5.41) is 11.3. The number of nitrogens with zero attached hydrogens (tertiary/aromatic N) is 1. The predicted octanol–water partition coefficient (Wildman–Crippen LogP) is 3.96. The van der Waals surface area contributed by atoms with Crippen LogP contribution in [0.2, 0.25) is 5.02 Å². The van der Waals surface area contributed by atoms with Crippen LogP contribution in [0.4, 0.5) is 0 Å². The van der Waals surface area contributed by atoms with Gasteiger partial charge in [0.15, 0.2) is 0 Å². The monoisotopic (exact) mass is 333 g/mol. The van der Waals surface area contributed by atoms with Crippen LogP contribution in [0.3, 0.4) is 0 Å². The highest BCUT2D eigenvalue weighted by atomic mass is 35.5. The third-order valence-electron chi connectivity index (χ3n) is 4.36. The maximum absolute atomic E-state index is 12.2. The number of aryl methyl sites for hydroxylation is 1. The molecule has 122 valence electrons. The molecule has 1 N–H and O–H groups in total. The van der Waals surface area contributed by atoms with Crippen molar-refractivity contribution < 1.29 is 9.52 Å². The SMILES string of the molecule is Cc1oc(=O)c(-c2ccc(Cl)cc2)c(O)c1CN1CCCCC1. The maximum Gasteiger partial charge on any atom is 0.347 e. The van der Waals surface area contributed by atoms with Gasteiger partial charge in [0.1, 0.15) is 17.1 Å². The van der Waals surface area contributed by atoms with E-state index < -0.39 is 5.63 Å². The van der Waals surface area contributed by atoms with Crippen LogP contribution in [0.15, 0.2) is 33.5 Å². The van der Waals surface area contributed by atoms with Crippen LogP contribution in [-0.2, 0) is 6.54 Å². The third-order valence-corrected chi connectivity index (χ3v) is 4.61. The maximum atomic E-state index is 12.2. The number of hydrogen-bond acceptors (Lipinski definition) is 4. The summed E-state index contributed by atoms with van der Waals surface area (Å²) in [6.45, 7) is 4.34. The van der Waals surface area contributed by atoms with Crippen LogP contribution >= 0.6 is 11.6 Å². The molecule has 23 heavy (non-hydrogen) atoms. The van der Waals surface area contributed by atoms with Crippen molar-refractivity contribution in [2.75, 3.05) is 13.1 Å². The first-order chi connectivity index (χ1) is 11.1. The van der Waals surface area contributed by atoms with E-state index in [-0.39, 0.29) is 11.3 Å². The molecule has 1 fully saturated rings. The van der Waals surface area contributed by atoms with E-state index in [0.717, 1.165) is 13.1 Å². The van der Waals surface area contributed by atoms with Gasteiger partial charge < -0.3 is 9.52 Å². The minimum absolute atomic E-state index is 0.0200. The Morgan fingerprint density at radius 3 is 2.48 bits per heavy atom. The van der Waals surface area contributed by atoms with Gasteiger partial charge in [-0.3, -0.25) is 4.90 Å². The summed E-state index contributed by atoms with van der Waals surface area (Å²) in [4.78, 5) is 14.5. The zero-order valence-corrected chi connectivity index (χ0v) is 13.9. The van der Waals surface area contributed by atoms with Gasteiger partial charge in [-0.05, 0) is 50.6 Å². The van der Waals surface area contributed by atoms with Crippen LogP contribution < -0.4 is 5.63 Å². The van der Waals surface area contributed by atoms with Crippen LogP contribution in [0.1, 0.15) is 30.6 Å². The van der Waals surface area contributed by atoms with Crippen molar-refractivity contribution in [3.63, 3.8) is 0 Å². The van der Waals surface area contributed by atoms with Crippen LogP contribution in [0, 0.1) is 6.92 Å². The Morgan fingerprint density at radius 1 is 1.17 bits per heavy atom. The van der Waals surface area contributed by atoms with Gasteiger partial charge in [-0.2, -0.15) is 0 Å². The second kappa shape index (κ2) is 6.77. The average Bonchev–Trinajstić information content (AvgIpc) is 2.54. The van der Waals surface area contributed by atoms with Gasteiger partial charge in [-0.1, -0.05) is 30.2 Å². The number of piperidine rings is 1. The molecule has 1 aliphatic heterocycles. The molecule has 0 radical (unpaired) electrons. The highest BCUT2D eigenvalue weighted by Crippen LogP contribution is 2.33. The number of halogens is 1. The van der Waals surface area contributed by atoms with Crippen LogP contribution in [-0.4, -0.2) is 23.1 Å². The molecular weight excluding hydrogens is 314 g/mol. The molecule has 0 saturated carbocycles. The van der Waals surface area contributed by atoms with Gasteiger partial charge in [-0.25, -0.2) is 4.79 Å². The zero-order chi connectivity index (χ0) is 16.4. The van der Waals surface area contributed by atoms with Crippen molar-refractivity contribution in [2.24, 2.45) is 0 Å². The van der Waals surface area contributed by atoms with E-state index >= 15 is 0 Å². The highest BCUT2D eigenvalue weighted by molar-refractivity contribution is 6.30. The topological polar surface area (TPSA) is 53.7 Å². The summed E-state index contributed by atoms with van der Waals surface area (Å²) in [5.74, 6) is 0.502. The number of likely N-dealkylation sites (tertiary alicyclic amines) is 1. The highest BCUT2D eigenvalue weighted by Gasteiger charge is 2.21. The molecule has 5 heteroatoms. The average molecular weight is 334 g/mol. The number of benzene rings is 1. The second-order valence-electron chi connectivity index (χ2n) is 5.99. The van der Waals surface area contributed by atoms with Crippen molar-refractivity contribution in [2.45, 2.75) is 32.7 Å². The second-order valence-corrected chi connectivity index (χ2v) is 6.43. The van der Waals surface area contributed by atoms with E-state index in [0.29, 0.717) is 28.5 Å².